The summed E-state index contributed by atoms with van der Waals surface area (Å²) >= 11 is 0. The zero-order chi connectivity index (χ0) is 21.0. The number of sulfonamides is 1. The van der Waals surface area contributed by atoms with Crippen molar-refractivity contribution in [3.8, 4) is 0 Å². The molecular formula is C20H29F2N3O3S. The minimum atomic E-state index is -3.72. The lowest BCUT2D eigenvalue weighted by atomic mass is 9.72. The minimum Gasteiger partial charge on any atom is -0.390 e. The Hall–Kier alpha value is -1.16. The van der Waals surface area contributed by atoms with Crippen molar-refractivity contribution in [3.05, 3.63) is 23.5 Å². The van der Waals surface area contributed by atoms with Crippen LogP contribution in [0.1, 0.15) is 57.3 Å². The first-order chi connectivity index (χ1) is 13.6. The Morgan fingerprint density at radius 1 is 1.21 bits per heavy atom. The molecule has 0 bridgehead atoms. The van der Waals surface area contributed by atoms with Gasteiger partial charge in [-0.2, -0.15) is 4.31 Å². The van der Waals surface area contributed by atoms with Gasteiger partial charge in [-0.25, -0.2) is 17.2 Å². The van der Waals surface area contributed by atoms with E-state index < -0.39 is 22.0 Å². The number of aromatic nitrogens is 1. The molecule has 0 atom stereocenters. The normalized spacial score (nSPS) is 30.3. The molecule has 3 fully saturated rings. The molecule has 1 aliphatic carbocycles. The van der Waals surface area contributed by atoms with Gasteiger partial charge in [0.25, 0.3) is 6.43 Å². The topological polar surface area (TPSA) is 73.7 Å². The lowest BCUT2D eigenvalue weighted by Gasteiger charge is -2.62. The third-order valence-electron chi connectivity index (χ3n) is 6.78. The van der Waals surface area contributed by atoms with Crippen LogP contribution in [-0.2, 0) is 16.4 Å². The van der Waals surface area contributed by atoms with Crippen LogP contribution in [0.25, 0.3) is 0 Å². The highest BCUT2D eigenvalue weighted by molar-refractivity contribution is 7.89. The Kier molecular flexibility index (Phi) is 5.25. The first kappa shape index (κ1) is 21.1. The summed E-state index contributed by atoms with van der Waals surface area (Å²) in [4.78, 5) is 6.33. The van der Waals surface area contributed by atoms with Gasteiger partial charge in [0, 0.05) is 37.6 Å². The number of halogens is 2. The number of nitrogens with zero attached hydrogens (tertiary/aromatic N) is 3. The third kappa shape index (κ3) is 3.82. The summed E-state index contributed by atoms with van der Waals surface area (Å²) in [5.74, 6) is 0. The van der Waals surface area contributed by atoms with Gasteiger partial charge < -0.3 is 5.11 Å². The summed E-state index contributed by atoms with van der Waals surface area (Å²) in [6, 6.07) is 2.86. The monoisotopic (exact) mass is 429 g/mol. The highest BCUT2D eigenvalue weighted by Gasteiger charge is 2.56. The van der Waals surface area contributed by atoms with Gasteiger partial charge in [0.2, 0.25) is 10.0 Å². The molecule has 1 aromatic rings. The van der Waals surface area contributed by atoms with Gasteiger partial charge >= 0.3 is 0 Å². The highest BCUT2D eigenvalue weighted by Crippen LogP contribution is 2.45. The molecule has 0 aromatic carbocycles. The van der Waals surface area contributed by atoms with Crippen molar-refractivity contribution in [2.45, 2.75) is 68.9 Å². The quantitative estimate of drug-likeness (QED) is 0.779. The highest BCUT2D eigenvalue weighted by atomic mass is 32.2. The number of hydrogen-bond acceptors (Lipinski definition) is 5. The Morgan fingerprint density at radius 2 is 1.83 bits per heavy atom. The molecule has 6 nitrogen and oxygen atoms in total. The van der Waals surface area contributed by atoms with E-state index in [1.807, 2.05) is 6.92 Å². The summed E-state index contributed by atoms with van der Waals surface area (Å²) in [6.45, 7) is 6.32. The van der Waals surface area contributed by atoms with E-state index in [2.05, 4.69) is 9.88 Å². The number of rotatable bonds is 5. The van der Waals surface area contributed by atoms with Crippen molar-refractivity contribution in [1.82, 2.24) is 14.2 Å². The molecule has 162 valence electrons. The van der Waals surface area contributed by atoms with E-state index in [1.165, 1.54) is 10.4 Å². The maximum atomic E-state index is 13.0. The second-order valence-electron chi connectivity index (χ2n) is 9.24. The fourth-order valence-corrected chi connectivity index (χ4v) is 6.88. The smallest absolute Gasteiger partial charge is 0.280 e. The van der Waals surface area contributed by atoms with Crippen LogP contribution in [0.3, 0.4) is 0 Å². The van der Waals surface area contributed by atoms with E-state index in [9.17, 15) is 22.3 Å². The number of aryl methyl sites for hydroxylation is 1. The molecule has 3 aliphatic rings. The first-order valence-corrected chi connectivity index (χ1v) is 11.7. The molecule has 9 heteroatoms. The molecule has 1 spiro atoms. The number of alkyl halides is 2. The van der Waals surface area contributed by atoms with E-state index in [4.69, 9.17) is 0 Å². The second kappa shape index (κ2) is 7.21. The number of pyridine rings is 1. The summed E-state index contributed by atoms with van der Waals surface area (Å²) in [6.07, 6.45) is 1.15. The molecular weight excluding hydrogens is 400 g/mol. The van der Waals surface area contributed by atoms with E-state index in [-0.39, 0.29) is 28.1 Å². The molecule has 1 aromatic heterocycles. The van der Waals surface area contributed by atoms with Crippen LogP contribution >= 0.6 is 0 Å². The fraction of sp³-hybridized carbons (Fsp3) is 0.750. The number of likely N-dealkylation sites (tertiary alicyclic amines) is 1. The van der Waals surface area contributed by atoms with Gasteiger partial charge in [0.05, 0.1) is 11.3 Å². The summed E-state index contributed by atoms with van der Waals surface area (Å²) in [7, 11) is -3.72. The number of hydrogen-bond donors (Lipinski definition) is 1. The lowest BCUT2D eigenvalue weighted by Crippen LogP contribution is -2.74. The maximum Gasteiger partial charge on any atom is 0.280 e. The first-order valence-electron chi connectivity index (χ1n) is 10.3. The van der Waals surface area contributed by atoms with Crippen molar-refractivity contribution >= 4 is 10.0 Å². The number of aliphatic hydroxyl groups is 1. The lowest BCUT2D eigenvalue weighted by molar-refractivity contribution is -0.116. The summed E-state index contributed by atoms with van der Waals surface area (Å²) in [5, 5.41) is 10.1. The van der Waals surface area contributed by atoms with E-state index in [0.717, 1.165) is 44.8 Å². The van der Waals surface area contributed by atoms with Crippen LogP contribution in [0.4, 0.5) is 8.78 Å². The van der Waals surface area contributed by atoms with Crippen molar-refractivity contribution in [2.24, 2.45) is 5.41 Å². The minimum absolute atomic E-state index is 0.00968. The van der Waals surface area contributed by atoms with Crippen LogP contribution in [0.15, 0.2) is 17.0 Å². The van der Waals surface area contributed by atoms with Gasteiger partial charge in [-0.1, -0.05) is 6.92 Å². The fourth-order valence-electron chi connectivity index (χ4n) is 4.99. The van der Waals surface area contributed by atoms with Gasteiger partial charge in [0.1, 0.15) is 10.6 Å². The predicted octanol–water partition coefficient (Wildman–Crippen LogP) is 2.58. The summed E-state index contributed by atoms with van der Waals surface area (Å²) in [5.41, 5.74) is -0.726. The average molecular weight is 430 g/mol. The van der Waals surface area contributed by atoms with Crippen molar-refractivity contribution < 1.29 is 22.3 Å². The Labute approximate surface area is 171 Å². The van der Waals surface area contributed by atoms with Gasteiger partial charge in [0.15, 0.2) is 0 Å². The molecule has 0 radical (unpaired) electrons. The van der Waals surface area contributed by atoms with Gasteiger partial charge in [-0.05, 0) is 51.2 Å². The predicted molar refractivity (Wildman–Crippen MR) is 104 cm³/mol. The zero-order valence-corrected chi connectivity index (χ0v) is 17.8. The van der Waals surface area contributed by atoms with Gasteiger partial charge in [-0.15, -0.1) is 0 Å². The zero-order valence-electron chi connectivity index (χ0n) is 16.9. The summed E-state index contributed by atoms with van der Waals surface area (Å²) < 4.78 is 53.3. The maximum absolute atomic E-state index is 13.0. The van der Waals surface area contributed by atoms with Crippen LogP contribution < -0.4 is 0 Å². The molecule has 2 saturated heterocycles. The van der Waals surface area contributed by atoms with Crippen molar-refractivity contribution in [2.75, 3.05) is 26.2 Å². The molecule has 2 aliphatic heterocycles. The Morgan fingerprint density at radius 3 is 2.38 bits per heavy atom. The molecule has 4 rings (SSSR count). The van der Waals surface area contributed by atoms with Crippen molar-refractivity contribution in [1.29, 1.82) is 0 Å². The van der Waals surface area contributed by atoms with Crippen LogP contribution in [0, 0.1) is 5.41 Å². The van der Waals surface area contributed by atoms with Gasteiger partial charge in [-0.3, -0.25) is 9.88 Å². The molecule has 29 heavy (non-hydrogen) atoms. The van der Waals surface area contributed by atoms with Crippen molar-refractivity contribution in [3.63, 3.8) is 0 Å². The Bertz CT molecular complexity index is 867. The SMILES string of the molecule is CCc1nc(C(F)F)ccc1S(=O)(=O)N1CC2(C1)CN([C@H]1CC[C@@](C)(O)CC1)C2. The second-order valence-corrected chi connectivity index (χ2v) is 11.1. The van der Waals surface area contributed by atoms with E-state index in [0.29, 0.717) is 19.1 Å². The molecule has 1 saturated carbocycles. The van der Waals surface area contributed by atoms with Crippen LogP contribution in [0.5, 0.6) is 0 Å². The molecule has 0 unspecified atom stereocenters. The molecule has 1 N–H and O–H groups in total. The standard InChI is InChI=1S/C20H29F2N3O3S/c1-3-15-17(5-4-16(23-15)18(21)22)29(27,28)25-12-20(13-25)10-24(11-20)14-6-8-19(2,26)9-7-14/h4-5,14,18,26H,3,6-13H2,1-2H3/t14-,19+. The van der Waals surface area contributed by atoms with Crippen LogP contribution in [0.2, 0.25) is 0 Å². The average Bonchev–Trinajstić information content (AvgIpc) is 2.59. The molecule has 3 heterocycles. The van der Waals surface area contributed by atoms with Crippen LogP contribution in [-0.4, -0.2) is 65.5 Å². The largest absolute Gasteiger partial charge is 0.390 e. The molecule has 0 amide bonds. The Balaban J connectivity index is 1.38. The van der Waals surface area contributed by atoms with E-state index >= 15 is 0 Å². The van der Waals surface area contributed by atoms with E-state index in [1.54, 1.807) is 6.92 Å². The third-order valence-corrected chi connectivity index (χ3v) is 8.65.